The van der Waals surface area contributed by atoms with Crippen LogP contribution in [0, 0.1) is 6.92 Å². The molecule has 0 amide bonds. The Labute approximate surface area is 110 Å². The van der Waals surface area contributed by atoms with Crippen molar-refractivity contribution < 1.29 is 0 Å². The van der Waals surface area contributed by atoms with Gasteiger partial charge in [-0.2, -0.15) is 4.98 Å². The highest BCUT2D eigenvalue weighted by atomic mass is 16.1. The summed E-state index contributed by atoms with van der Waals surface area (Å²) in [6.45, 7) is 9.59. The smallest absolute Gasteiger partial charge is 0.255 e. The summed E-state index contributed by atoms with van der Waals surface area (Å²) < 4.78 is 1.53. The average Bonchev–Trinajstić information content (AvgIpc) is 2.77. The Morgan fingerprint density at radius 3 is 3.05 bits per heavy atom. The molecule has 2 rings (SSSR count). The van der Waals surface area contributed by atoms with E-state index in [1.54, 1.807) is 25.3 Å². The number of nitrogens with zero attached hydrogens (tertiary/aromatic N) is 3. The fourth-order valence-corrected chi connectivity index (χ4v) is 1.55. The van der Waals surface area contributed by atoms with Crippen LogP contribution in [0.25, 0.3) is 5.78 Å². The van der Waals surface area contributed by atoms with Gasteiger partial charge in [0.15, 0.2) is 0 Å². The molecule has 0 aliphatic carbocycles. The van der Waals surface area contributed by atoms with E-state index >= 15 is 0 Å². The molecule has 2 heterocycles. The van der Waals surface area contributed by atoms with Gasteiger partial charge in [0.25, 0.3) is 5.56 Å². The molecule has 0 unspecified atom stereocenters. The molecule has 2 aromatic heterocycles. The number of H-pyrrole nitrogens is 1. The Balaban J connectivity index is 2.22. The van der Waals surface area contributed by atoms with Crippen LogP contribution in [-0.2, 0) is 0 Å². The van der Waals surface area contributed by atoms with E-state index in [1.807, 2.05) is 6.08 Å². The van der Waals surface area contributed by atoms with Crippen molar-refractivity contribution in [2.75, 3.05) is 11.9 Å². The summed E-state index contributed by atoms with van der Waals surface area (Å²) in [6.07, 6.45) is 6.91. The third-order valence-electron chi connectivity index (χ3n) is 2.58. The first-order chi connectivity index (χ1) is 9.13. The van der Waals surface area contributed by atoms with Crippen LogP contribution in [0.15, 0.2) is 48.0 Å². The molecule has 0 saturated carbocycles. The molecule has 0 aliphatic heterocycles. The van der Waals surface area contributed by atoms with E-state index in [2.05, 4.69) is 33.5 Å². The molecular formula is C13H15N5O. The number of anilines is 1. The van der Waals surface area contributed by atoms with E-state index in [1.165, 1.54) is 4.52 Å². The van der Waals surface area contributed by atoms with Crippen molar-refractivity contribution in [1.29, 1.82) is 0 Å². The van der Waals surface area contributed by atoms with Gasteiger partial charge in [0.2, 0.25) is 11.7 Å². The zero-order chi connectivity index (χ0) is 13.8. The van der Waals surface area contributed by atoms with Gasteiger partial charge in [-0.15, -0.1) is 5.10 Å². The Morgan fingerprint density at radius 2 is 2.37 bits per heavy atom. The van der Waals surface area contributed by atoms with E-state index in [4.69, 9.17) is 0 Å². The quantitative estimate of drug-likeness (QED) is 0.795. The van der Waals surface area contributed by atoms with Gasteiger partial charge in [0, 0.05) is 18.3 Å². The second-order valence-corrected chi connectivity index (χ2v) is 4.00. The Hall–Kier alpha value is -2.63. The van der Waals surface area contributed by atoms with Crippen LogP contribution in [0.2, 0.25) is 0 Å². The number of nitrogens with one attached hydrogen (secondary N) is 2. The summed E-state index contributed by atoms with van der Waals surface area (Å²) >= 11 is 0. The minimum atomic E-state index is -0.162. The number of hydrogen-bond acceptors (Lipinski definition) is 4. The van der Waals surface area contributed by atoms with Crippen molar-refractivity contribution in [1.82, 2.24) is 19.6 Å². The van der Waals surface area contributed by atoms with Crippen molar-refractivity contribution in [2.45, 2.75) is 6.92 Å². The van der Waals surface area contributed by atoms with Gasteiger partial charge in [0.05, 0.1) is 0 Å². The molecule has 0 fully saturated rings. The van der Waals surface area contributed by atoms with E-state index in [9.17, 15) is 4.79 Å². The molecule has 98 valence electrons. The second-order valence-electron chi connectivity index (χ2n) is 4.00. The molecule has 0 aliphatic rings. The largest absolute Gasteiger partial charge is 0.349 e. The summed E-state index contributed by atoms with van der Waals surface area (Å²) in [5.41, 5.74) is 1.39. The number of hydrogen-bond donors (Lipinski definition) is 2. The summed E-state index contributed by atoms with van der Waals surface area (Å²) in [7, 11) is 0. The molecule has 0 bridgehead atoms. The lowest BCUT2D eigenvalue weighted by atomic mass is 10.2. The van der Waals surface area contributed by atoms with Gasteiger partial charge in [-0.3, -0.25) is 9.78 Å². The summed E-state index contributed by atoms with van der Waals surface area (Å²) in [4.78, 5) is 18.3. The lowest BCUT2D eigenvalue weighted by Crippen LogP contribution is -2.11. The fourth-order valence-electron chi connectivity index (χ4n) is 1.55. The molecule has 0 spiro atoms. The lowest BCUT2D eigenvalue weighted by Gasteiger charge is -2.00. The highest BCUT2D eigenvalue weighted by molar-refractivity contribution is 5.39. The van der Waals surface area contributed by atoms with Crippen LogP contribution < -0.4 is 10.9 Å². The van der Waals surface area contributed by atoms with Crippen molar-refractivity contribution in [3.05, 3.63) is 59.1 Å². The van der Waals surface area contributed by atoms with Crippen LogP contribution in [0.5, 0.6) is 0 Å². The SMILES string of the molecule is C=C/C=C(\C=C)CNc1nc2[nH]c(=O)c(C)cn2n1. The van der Waals surface area contributed by atoms with Gasteiger partial charge in [0.1, 0.15) is 0 Å². The summed E-state index contributed by atoms with van der Waals surface area (Å²) in [5.74, 6) is 0.851. The maximum Gasteiger partial charge on any atom is 0.255 e. The predicted octanol–water partition coefficient (Wildman–Crippen LogP) is 1.44. The average molecular weight is 257 g/mol. The van der Waals surface area contributed by atoms with E-state index in [0.29, 0.717) is 23.8 Å². The minimum absolute atomic E-state index is 0.162. The van der Waals surface area contributed by atoms with Crippen molar-refractivity contribution in [3.63, 3.8) is 0 Å². The maximum atomic E-state index is 11.4. The van der Waals surface area contributed by atoms with Gasteiger partial charge in [-0.25, -0.2) is 4.52 Å². The zero-order valence-electron chi connectivity index (χ0n) is 10.7. The first-order valence-electron chi connectivity index (χ1n) is 5.78. The van der Waals surface area contributed by atoms with Gasteiger partial charge in [-0.1, -0.05) is 31.4 Å². The molecule has 0 saturated heterocycles. The third-order valence-corrected chi connectivity index (χ3v) is 2.58. The lowest BCUT2D eigenvalue weighted by molar-refractivity contribution is 0.915. The molecule has 2 N–H and O–H groups in total. The van der Waals surface area contributed by atoms with Crippen LogP contribution >= 0.6 is 0 Å². The standard InChI is InChI=1S/C13H15N5O/c1-4-6-10(5-2)7-14-12-16-13-15-11(19)9(3)8-18(13)17-12/h4-6,8H,1-2,7H2,3H3,(H2,14,15,16,17,19)/b10-6+. The van der Waals surface area contributed by atoms with Crippen LogP contribution in [-0.4, -0.2) is 26.1 Å². The molecule has 0 aromatic carbocycles. The van der Waals surface area contributed by atoms with Crippen molar-refractivity contribution in [2.24, 2.45) is 0 Å². The Morgan fingerprint density at radius 1 is 1.58 bits per heavy atom. The Kier molecular flexibility index (Phi) is 3.61. The Bertz CT molecular complexity index is 707. The number of allylic oxidation sites excluding steroid dienone is 2. The topological polar surface area (TPSA) is 75.1 Å². The first kappa shape index (κ1) is 12.8. The second kappa shape index (κ2) is 5.34. The predicted molar refractivity (Wildman–Crippen MR) is 75.3 cm³/mol. The monoisotopic (exact) mass is 257 g/mol. The molecule has 0 radical (unpaired) electrons. The summed E-state index contributed by atoms with van der Waals surface area (Å²) in [5, 5.41) is 7.27. The van der Waals surface area contributed by atoms with Gasteiger partial charge < -0.3 is 5.32 Å². The van der Waals surface area contributed by atoms with E-state index in [0.717, 1.165) is 5.57 Å². The molecule has 6 nitrogen and oxygen atoms in total. The van der Waals surface area contributed by atoms with Crippen LogP contribution in [0.3, 0.4) is 0 Å². The summed E-state index contributed by atoms with van der Waals surface area (Å²) in [6, 6.07) is 0. The number of rotatable bonds is 5. The normalized spacial score (nSPS) is 11.5. The highest BCUT2D eigenvalue weighted by Gasteiger charge is 2.05. The van der Waals surface area contributed by atoms with E-state index in [-0.39, 0.29) is 5.56 Å². The van der Waals surface area contributed by atoms with Crippen molar-refractivity contribution >= 4 is 11.7 Å². The molecule has 19 heavy (non-hydrogen) atoms. The molecular weight excluding hydrogens is 242 g/mol. The minimum Gasteiger partial charge on any atom is -0.349 e. The highest BCUT2D eigenvalue weighted by Crippen LogP contribution is 2.04. The molecule has 0 atom stereocenters. The van der Waals surface area contributed by atoms with Crippen LogP contribution in [0.4, 0.5) is 5.95 Å². The van der Waals surface area contributed by atoms with Gasteiger partial charge in [-0.05, 0) is 12.5 Å². The third kappa shape index (κ3) is 2.79. The number of aromatic amines is 1. The number of aromatic nitrogens is 4. The van der Waals surface area contributed by atoms with Gasteiger partial charge >= 0.3 is 0 Å². The van der Waals surface area contributed by atoms with E-state index < -0.39 is 0 Å². The number of aryl methyl sites for hydroxylation is 1. The zero-order valence-corrected chi connectivity index (χ0v) is 10.7. The number of fused-ring (bicyclic) bond motifs is 1. The maximum absolute atomic E-state index is 11.4. The molecule has 6 heteroatoms. The van der Waals surface area contributed by atoms with Crippen molar-refractivity contribution in [3.8, 4) is 0 Å². The first-order valence-corrected chi connectivity index (χ1v) is 5.78. The fraction of sp³-hybridized carbons (Fsp3) is 0.154. The van der Waals surface area contributed by atoms with Crippen LogP contribution in [0.1, 0.15) is 5.56 Å². The molecule has 2 aromatic rings.